The molecule has 1 aromatic rings. The minimum absolute atomic E-state index is 0.142. The lowest BCUT2D eigenvalue weighted by Gasteiger charge is -2.18. The van der Waals surface area contributed by atoms with Crippen LogP contribution in [0.5, 0.6) is 0 Å². The van der Waals surface area contributed by atoms with Crippen LogP contribution >= 0.6 is 11.6 Å². The van der Waals surface area contributed by atoms with Crippen molar-refractivity contribution in [2.75, 3.05) is 5.88 Å². The molecule has 1 saturated carbocycles. The van der Waals surface area contributed by atoms with Gasteiger partial charge in [0.1, 0.15) is 5.82 Å². The molecule has 0 aliphatic heterocycles. The first-order valence-electron chi connectivity index (χ1n) is 6.58. The Hall–Kier alpha value is -0.560. The van der Waals surface area contributed by atoms with Crippen molar-refractivity contribution >= 4 is 11.6 Å². The summed E-state index contributed by atoms with van der Waals surface area (Å²) in [6.45, 7) is 0. The third kappa shape index (κ3) is 3.99. The Balaban J connectivity index is 1.90. The van der Waals surface area contributed by atoms with Crippen LogP contribution in [0.15, 0.2) is 24.3 Å². The summed E-state index contributed by atoms with van der Waals surface area (Å²) in [6.07, 6.45) is 7.59. The number of alkyl halides is 1. The zero-order valence-electron chi connectivity index (χ0n) is 10.2. The number of rotatable bonds is 5. The predicted molar refractivity (Wildman–Crippen MR) is 70.9 cm³/mol. The Morgan fingerprint density at radius 3 is 2.71 bits per heavy atom. The minimum atomic E-state index is -0.142. The number of hydrogen-bond donors (Lipinski definition) is 0. The van der Waals surface area contributed by atoms with Gasteiger partial charge in [-0.2, -0.15) is 0 Å². The third-order valence-corrected chi connectivity index (χ3v) is 4.21. The number of halogens is 2. The van der Waals surface area contributed by atoms with Gasteiger partial charge in [0.15, 0.2) is 0 Å². The highest BCUT2D eigenvalue weighted by Gasteiger charge is 2.20. The van der Waals surface area contributed by atoms with Crippen LogP contribution in [0.4, 0.5) is 4.39 Å². The monoisotopic (exact) mass is 254 g/mol. The van der Waals surface area contributed by atoms with Crippen LogP contribution in [0.2, 0.25) is 0 Å². The molecule has 1 unspecified atom stereocenters. The van der Waals surface area contributed by atoms with Gasteiger partial charge in [-0.1, -0.05) is 37.8 Å². The summed E-state index contributed by atoms with van der Waals surface area (Å²) in [7, 11) is 0. The molecule has 0 bridgehead atoms. The van der Waals surface area contributed by atoms with Crippen LogP contribution in [-0.4, -0.2) is 5.88 Å². The predicted octanol–water partition coefficient (Wildman–Crippen LogP) is 4.80. The van der Waals surface area contributed by atoms with Crippen molar-refractivity contribution in [2.45, 2.75) is 38.5 Å². The van der Waals surface area contributed by atoms with Crippen molar-refractivity contribution in [2.24, 2.45) is 11.8 Å². The summed E-state index contributed by atoms with van der Waals surface area (Å²) < 4.78 is 13.1. The number of hydrogen-bond acceptors (Lipinski definition) is 0. The molecule has 2 heteroatoms. The summed E-state index contributed by atoms with van der Waals surface area (Å²) in [5.74, 6) is 1.90. The summed E-state index contributed by atoms with van der Waals surface area (Å²) in [6, 6.07) is 6.91. The molecule has 0 radical (unpaired) electrons. The van der Waals surface area contributed by atoms with Gasteiger partial charge in [0.2, 0.25) is 0 Å². The zero-order valence-corrected chi connectivity index (χ0v) is 10.9. The fourth-order valence-corrected chi connectivity index (χ4v) is 3.15. The van der Waals surface area contributed by atoms with E-state index in [1.54, 1.807) is 12.1 Å². The maximum atomic E-state index is 13.1. The first kappa shape index (κ1) is 12.9. The van der Waals surface area contributed by atoms with Crippen LogP contribution in [0.3, 0.4) is 0 Å². The van der Waals surface area contributed by atoms with Gasteiger partial charge in [0.05, 0.1) is 0 Å². The summed E-state index contributed by atoms with van der Waals surface area (Å²) in [5, 5.41) is 0. The highest BCUT2D eigenvalue weighted by molar-refractivity contribution is 6.18. The first-order chi connectivity index (χ1) is 8.28. The molecule has 0 aromatic heterocycles. The topological polar surface area (TPSA) is 0 Å². The molecular weight excluding hydrogens is 235 g/mol. The number of benzene rings is 1. The molecule has 1 fully saturated rings. The second-order valence-corrected chi connectivity index (χ2v) is 5.55. The van der Waals surface area contributed by atoms with Gasteiger partial charge in [-0.05, 0) is 42.4 Å². The molecule has 1 atom stereocenters. The average Bonchev–Trinajstić information content (AvgIpc) is 2.81. The van der Waals surface area contributed by atoms with Crippen LogP contribution in [0.1, 0.15) is 37.7 Å². The second-order valence-electron chi connectivity index (χ2n) is 5.24. The molecule has 0 nitrogen and oxygen atoms in total. The third-order valence-electron chi connectivity index (χ3n) is 3.77. The Morgan fingerprint density at radius 2 is 2.06 bits per heavy atom. The Morgan fingerprint density at radius 1 is 1.29 bits per heavy atom. The zero-order chi connectivity index (χ0) is 12.1. The van der Waals surface area contributed by atoms with E-state index in [1.165, 1.54) is 38.2 Å². The van der Waals surface area contributed by atoms with E-state index in [0.29, 0.717) is 11.8 Å². The molecule has 0 heterocycles. The highest BCUT2D eigenvalue weighted by Crippen LogP contribution is 2.31. The van der Waals surface area contributed by atoms with Gasteiger partial charge >= 0.3 is 0 Å². The quantitative estimate of drug-likeness (QED) is 0.662. The van der Waals surface area contributed by atoms with E-state index in [9.17, 15) is 4.39 Å². The van der Waals surface area contributed by atoms with Crippen LogP contribution in [0.25, 0.3) is 0 Å². The molecule has 1 aromatic carbocycles. The van der Waals surface area contributed by atoms with E-state index in [2.05, 4.69) is 0 Å². The van der Waals surface area contributed by atoms with Crippen molar-refractivity contribution in [3.05, 3.63) is 35.6 Å². The standard InChI is InChI=1S/C15H20ClF/c16-11-14(8-12-4-1-2-5-12)9-13-6-3-7-15(17)10-13/h3,6-7,10,12,14H,1-2,4-5,8-9,11H2. The van der Waals surface area contributed by atoms with E-state index in [-0.39, 0.29) is 5.82 Å². The van der Waals surface area contributed by atoms with E-state index in [1.807, 2.05) is 6.07 Å². The fourth-order valence-electron chi connectivity index (χ4n) is 2.92. The Bertz CT molecular complexity index is 345. The average molecular weight is 255 g/mol. The molecule has 17 heavy (non-hydrogen) atoms. The Kier molecular flexibility index (Phi) is 4.85. The molecule has 94 valence electrons. The van der Waals surface area contributed by atoms with Gasteiger partial charge in [0.25, 0.3) is 0 Å². The van der Waals surface area contributed by atoms with Crippen molar-refractivity contribution in [3.8, 4) is 0 Å². The molecule has 0 amide bonds. The lowest BCUT2D eigenvalue weighted by Crippen LogP contribution is -2.11. The SMILES string of the molecule is Fc1cccc(CC(CCl)CC2CCCC2)c1. The van der Waals surface area contributed by atoms with Crippen LogP contribution < -0.4 is 0 Å². The lowest BCUT2D eigenvalue weighted by molar-refractivity contribution is 0.399. The molecule has 2 rings (SSSR count). The maximum absolute atomic E-state index is 13.1. The summed E-state index contributed by atoms with van der Waals surface area (Å²) in [4.78, 5) is 0. The largest absolute Gasteiger partial charge is 0.207 e. The Labute approximate surface area is 108 Å². The van der Waals surface area contributed by atoms with E-state index < -0.39 is 0 Å². The second kappa shape index (κ2) is 6.39. The van der Waals surface area contributed by atoms with Gasteiger partial charge in [-0.25, -0.2) is 4.39 Å². The lowest BCUT2D eigenvalue weighted by atomic mass is 9.90. The van der Waals surface area contributed by atoms with Crippen molar-refractivity contribution in [1.29, 1.82) is 0 Å². The van der Waals surface area contributed by atoms with Crippen molar-refractivity contribution in [3.63, 3.8) is 0 Å². The van der Waals surface area contributed by atoms with E-state index >= 15 is 0 Å². The highest BCUT2D eigenvalue weighted by atomic mass is 35.5. The van der Waals surface area contributed by atoms with Crippen LogP contribution in [0, 0.1) is 17.7 Å². The molecular formula is C15H20ClF. The maximum Gasteiger partial charge on any atom is 0.123 e. The van der Waals surface area contributed by atoms with Gasteiger partial charge in [-0.15, -0.1) is 11.6 Å². The molecule has 1 aliphatic carbocycles. The molecule has 1 aliphatic rings. The normalized spacial score (nSPS) is 18.5. The fraction of sp³-hybridized carbons (Fsp3) is 0.600. The van der Waals surface area contributed by atoms with Crippen molar-refractivity contribution < 1.29 is 4.39 Å². The molecule has 0 spiro atoms. The first-order valence-corrected chi connectivity index (χ1v) is 7.12. The molecule has 0 N–H and O–H groups in total. The summed E-state index contributed by atoms with van der Waals surface area (Å²) in [5.41, 5.74) is 1.08. The van der Waals surface area contributed by atoms with Crippen molar-refractivity contribution in [1.82, 2.24) is 0 Å². The molecule has 0 saturated heterocycles. The van der Waals surface area contributed by atoms with Gasteiger partial charge in [-0.3, -0.25) is 0 Å². The van der Waals surface area contributed by atoms with Crippen LogP contribution in [-0.2, 0) is 6.42 Å². The van der Waals surface area contributed by atoms with Gasteiger partial charge < -0.3 is 0 Å². The van der Waals surface area contributed by atoms with E-state index in [4.69, 9.17) is 11.6 Å². The van der Waals surface area contributed by atoms with E-state index in [0.717, 1.165) is 17.9 Å². The summed E-state index contributed by atoms with van der Waals surface area (Å²) >= 11 is 6.04. The van der Waals surface area contributed by atoms with Gasteiger partial charge in [0, 0.05) is 5.88 Å². The smallest absolute Gasteiger partial charge is 0.123 e. The minimum Gasteiger partial charge on any atom is -0.207 e.